The third kappa shape index (κ3) is 2.17. The number of imide groups is 1. The Kier molecular flexibility index (Phi) is 3.45. The summed E-state index contributed by atoms with van der Waals surface area (Å²) in [5.74, 6) is 1.07. The van der Waals surface area contributed by atoms with Gasteiger partial charge < -0.3 is 4.90 Å². The quantitative estimate of drug-likeness (QED) is 0.434. The van der Waals surface area contributed by atoms with Gasteiger partial charge in [0.05, 0.1) is 23.7 Å². The lowest BCUT2D eigenvalue weighted by molar-refractivity contribution is -0.140. The summed E-state index contributed by atoms with van der Waals surface area (Å²) in [6, 6.07) is 5.86. The maximum atomic E-state index is 12.9. The maximum absolute atomic E-state index is 12.9. The van der Waals surface area contributed by atoms with Gasteiger partial charge >= 0.3 is 0 Å². The van der Waals surface area contributed by atoms with Crippen LogP contribution < -0.4 is 4.90 Å². The van der Waals surface area contributed by atoms with E-state index in [2.05, 4.69) is 33.2 Å². The number of hydrazone groups is 1. The van der Waals surface area contributed by atoms with Crippen LogP contribution in [0, 0.1) is 35.5 Å². The van der Waals surface area contributed by atoms with Crippen molar-refractivity contribution in [3.05, 3.63) is 40.4 Å². The second-order valence-corrected chi connectivity index (χ2v) is 8.85. The number of carbonyl (C=O) groups excluding carboxylic acids is 2. The van der Waals surface area contributed by atoms with Crippen LogP contribution in [0.25, 0.3) is 0 Å². The monoisotopic (exact) mass is 413 g/mol. The summed E-state index contributed by atoms with van der Waals surface area (Å²) in [5, 5.41) is 5.40. The van der Waals surface area contributed by atoms with E-state index in [1.54, 1.807) is 6.21 Å². The van der Waals surface area contributed by atoms with Gasteiger partial charge in [0.1, 0.15) is 0 Å². The van der Waals surface area contributed by atoms with Crippen LogP contribution in [-0.4, -0.2) is 37.1 Å². The first kappa shape index (κ1) is 16.2. The average molecular weight is 414 g/mol. The molecule has 0 spiro atoms. The Labute approximate surface area is 160 Å². The third-order valence-corrected chi connectivity index (χ3v) is 7.05. The van der Waals surface area contributed by atoms with Crippen molar-refractivity contribution < 1.29 is 9.59 Å². The molecule has 0 unspecified atom stereocenters. The van der Waals surface area contributed by atoms with Crippen molar-refractivity contribution in [1.29, 1.82) is 0 Å². The lowest BCUT2D eigenvalue weighted by Gasteiger charge is -2.37. The summed E-state index contributed by atoms with van der Waals surface area (Å²) in [4.78, 5) is 27.8. The highest BCUT2D eigenvalue weighted by molar-refractivity contribution is 9.10. The molecule has 2 bridgehead atoms. The summed E-state index contributed by atoms with van der Waals surface area (Å²) in [6.07, 6.45) is 7.13. The van der Waals surface area contributed by atoms with E-state index < -0.39 is 0 Å². The summed E-state index contributed by atoms with van der Waals surface area (Å²) in [5.41, 5.74) is 1.91. The van der Waals surface area contributed by atoms with Crippen molar-refractivity contribution in [3.8, 4) is 0 Å². The van der Waals surface area contributed by atoms with Gasteiger partial charge in [-0.15, -0.1) is 0 Å². The Morgan fingerprint density at radius 2 is 1.73 bits per heavy atom. The molecule has 1 aromatic carbocycles. The van der Waals surface area contributed by atoms with Gasteiger partial charge in [-0.2, -0.15) is 10.1 Å². The fourth-order valence-corrected chi connectivity index (χ4v) is 5.90. The number of rotatable bonds is 3. The van der Waals surface area contributed by atoms with Crippen LogP contribution in [-0.2, 0) is 9.59 Å². The average Bonchev–Trinajstić information content (AvgIpc) is 3.39. The van der Waals surface area contributed by atoms with Crippen LogP contribution in [0.5, 0.6) is 0 Å². The number of halogens is 1. The number of hydrogen-bond acceptors (Lipinski definition) is 4. The second kappa shape index (κ2) is 5.52. The molecule has 4 aliphatic carbocycles. The molecule has 5 nitrogen and oxygen atoms in total. The Bertz CT molecular complexity index is 842. The Balaban J connectivity index is 1.40. The van der Waals surface area contributed by atoms with E-state index in [0.29, 0.717) is 11.8 Å². The SMILES string of the molecule is CN(C)c1ccc(/C=N\N2C(=O)[C@@H]3[C@H]4C=C[C@@H]([C@@H]5C[C@H]45)[C@@H]3C2=O)cc1Br. The van der Waals surface area contributed by atoms with E-state index in [1.807, 2.05) is 37.2 Å². The summed E-state index contributed by atoms with van der Waals surface area (Å²) in [6.45, 7) is 0. The van der Waals surface area contributed by atoms with Gasteiger partial charge in [-0.05, 0) is 63.7 Å². The van der Waals surface area contributed by atoms with Crippen LogP contribution in [0.4, 0.5) is 5.69 Å². The van der Waals surface area contributed by atoms with Gasteiger partial charge in [0.2, 0.25) is 0 Å². The van der Waals surface area contributed by atoms with Crippen molar-refractivity contribution in [2.75, 3.05) is 19.0 Å². The number of hydrogen-bond donors (Lipinski definition) is 0. The van der Waals surface area contributed by atoms with Gasteiger partial charge in [0.15, 0.2) is 0 Å². The largest absolute Gasteiger partial charge is 0.377 e. The van der Waals surface area contributed by atoms with Crippen LogP contribution in [0.15, 0.2) is 39.9 Å². The fraction of sp³-hybridized carbons (Fsp3) is 0.450. The van der Waals surface area contributed by atoms with Crippen LogP contribution in [0.1, 0.15) is 12.0 Å². The molecule has 26 heavy (non-hydrogen) atoms. The van der Waals surface area contributed by atoms with E-state index >= 15 is 0 Å². The lowest BCUT2D eigenvalue weighted by Crippen LogP contribution is -2.40. The van der Waals surface area contributed by atoms with E-state index in [4.69, 9.17) is 0 Å². The van der Waals surface area contributed by atoms with Crippen molar-refractivity contribution in [2.24, 2.45) is 40.6 Å². The minimum absolute atomic E-state index is 0.120. The van der Waals surface area contributed by atoms with E-state index in [9.17, 15) is 9.59 Å². The summed E-state index contributed by atoms with van der Waals surface area (Å²) >= 11 is 3.55. The molecule has 6 atom stereocenters. The molecule has 2 amide bonds. The Hall–Kier alpha value is -1.95. The molecular weight excluding hydrogens is 394 g/mol. The molecule has 0 aromatic heterocycles. The molecule has 1 saturated heterocycles. The highest BCUT2D eigenvalue weighted by Gasteiger charge is 2.67. The Morgan fingerprint density at radius 3 is 2.27 bits per heavy atom. The number of nitrogens with zero attached hydrogens (tertiary/aromatic N) is 3. The van der Waals surface area contributed by atoms with Gasteiger partial charge in [-0.1, -0.05) is 18.2 Å². The molecule has 6 rings (SSSR count). The van der Waals surface area contributed by atoms with Crippen molar-refractivity contribution in [3.63, 3.8) is 0 Å². The molecule has 5 aliphatic rings. The zero-order chi connectivity index (χ0) is 18.2. The Morgan fingerprint density at radius 1 is 1.12 bits per heavy atom. The second-order valence-electron chi connectivity index (χ2n) is 7.99. The number of carbonyl (C=O) groups is 2. The lowest BCUT2D eigenvalue weighted by atomic mass is 9.63. The van der Waals surface area contributed by atoms with E-state index in [-0.39, 0.29) is 35.5 Å². The van der Waals surface area contributed by atoms with E-state index in [0.717, 1.165) is 20.7 Å². The first-order valence-corrected chi connectivity index (χ1v) is 9.83. The number of anilines is 1. The van der Waals surface area contributed by atoms with E-state index in [1.165, 1.54) is 6.42 Å². The molecule has 1 heterocycles. The molecule has 134 valence electrons. The topological polar surface area (TPSA) is 53.0 Å². The zero-order valence-corrected chi connectivity index (χ0v) is 16.3. The zero-order valence-electron chi connectivity index (χ0n) is 14.7. The molecule has 3 fully saturated rings. The fourth-order valence-electron chi connectivity index (χ4n) is 5.15. The van der Waals surface area contributed by atoms with Crippen LogP contribution in [0.2, 0.25) is 0 Å². The van der Waals surface area contributed by atoms with Crippen molar-refractivity contribution in [2.45, 2.75) is 6.42 Å². The molecule has 1 aromatic rings. The highest BCUT2D eigenvalue weighted by atomic mass is 79.9. The predicted molar refractivity (Wildman–Crippen MR) is 103 cm³/mol. The molecular formula is C20H20BrN3O2. The normalized spacial score (nSPS) is 36.7. The molecule has 2 saturated carbocycles. The molecule has 1 aliphatic heterocycles. The van der Waals surface area contributed by atoms with Gasteiger partial charge in [0, 0.05) is 18.6 Å². The number of allylic oxidation sites excluding steroid dienone is 2. The minimum atomic E-state index is -0.193. The van der Waals surface area contributed by atoms with Gasteiger partial charge in [-0.3, -0.25) is 9.59 Å². The first-order valence-electron chi connectivity index (χ1n) is 9.04. The number of benzene rings is 1. The molecule has 0 N–H and O–H groups in total. The predicted octanol–water partition coefficient (Wildman–Crippen LogP) is 2.90. The van der Waals surface area contributed by atoms with Crippen LogP contribution in [0.3, 0.4) is 0 Å². The molecule has 0 radical (unpaired) electrons. The third-order valence-electron chi connectivity index (χ3n) is 6.42. The summed E-state index contributed by atoms with van der Waals surface area (Å²) < 4.78 is 0.946. The number of amides is 2. The first-order chi connectivity index (χ1) is 12.5. The van der Waals surface area contributed by atoms with Crippen LogP contribution >= 0.6 is 15.9 Å². The smallest absolute Gasteiger partial charge is 0.254 e. The van der Waals surface area contributed by atoms with Crippen molar-refractivity contribution >= 4 is 39.6 Å². The standard InChI is InChI=1S/C20H20BrN3O2/c1-23(2)16-6-3-10(7-15(16)21)9-22-24-19(25)17-11-4-5-12(14-8-13(11)14)18(17)20(24)26/h3-7,9,11-14,17-18H,8H2,1-2H3/b22-9-/t11-,12-,13-,14+,17-,18+/m0/s1. The van der Waals surface area contributed by atoms with Gasteiger partial charge in [-0.25, -0.2) is 0 Å². The highest BCUT2D eigenvalue weighted by Crippen LogP contribution is 2.65. The molecule has 6 heteroatoms. The maximum Gasteiger partial charge on any atom is 0.254 e. The minimum Gasteiger partial charge on any atom is -0.377 e. The summed E-state index contributed by atoms with van der Waals surface area (Å²) in [7, 11) is 3.95. The van der Waals surface area contributed by atoms with Gasteiger partial charge in [0.25, 0.3) is 11.8 Å². The van der Waals surface area contributed by atoms with Crippen molar-refractivity contribution in [1.82, 2.24) is 5.01 Å².